The minimum Gasteiger partial charge on any atom is -0.358 e. The van der Waals surface area contributed by atoms with Crippen LogP contribution in [0.5, 0.6) is 0 Å². The Balaban J connectivity index is 0.00000280. The Kier molecular flexibility index (Phi) is 9.27. The van der Waals surface area contributed by atoms with Crippen molar-refractivity contribution in [2.75, 3.05) is 19.3 Å². The molecule has 3 atom stereocenters. The van der Waals surface area contributed by atoms with Gasteiger partial charge in [-0.25, -0.2) is 0 Å². The lowest BCUT2D eigenvalue weighted by atomic mass is 9.95. The van der Waals surface area contributed by atoms with Crippen LogP contribution in [0.2, 0.25) is 0 Å². The molecular weight excluding hydrogens is 483 g/mol. The molecular formula is C21H33IN4OS. The number of benzene rings is 1. The van der Waals surface area contributed by atoms with Crippen molar-refractivity contribution in [3.05, 3.63) is 35.5 Å². The highest BCUT2D eigenvalue weighted by molar-refractivity contribution is 14.0. The number of nitrogens with one attached hydrogen (secondary N) is 3. The van der Waals surface area contributed by atoms with Crippen LogP contribution in [-0.4, -0.2) is 45.8 Å². The van der Waals surface area contributed by atoms with Crippen molar-refractivity contribution < 1.29 is 4.21 Å². The zero-order valence-corrected chi connectivity index (χ0v) is 20.2. The van der Waals surface area contributed by atoms with Crippen LogP contribution in [0.4, 0.5) is 0 Å². The van der Waals surface area contributed by atoms with Crippen LogP contribution in [-0.2, 0) is 17.2 Å². The van der Waals surface area contributed by atoms with Gasteiger partial charge < -0.3 is 15.6 Å². The van der Waals surface area contributed by atoms with Crippen LogP contribution in [0.3, 0.4) is 0 Å². The standard InChI is InChI=1S/C21H32N4OS.HI/c1-4-27(26)17-9-7-8-16(14-17)25-21(22-3)23-13-12-18-15(2)24-20-11-6-5-10-19(18)20;/h5-6,10-11,16-17,24H,4,7-9,12-14H2,1-3H3,(H2,22,23,25);1H. The fraction of sp³-hybridized carbons (Fsp3) is 0.571. The zero-order chi connectivity index (χ0) is 19.2. The molecule has 0 radical (unpaired) electrons. The van der Waals surface area contributed by atoms with Gasteiger partial charge in [0.05, 0.1) is 0 Å². The molecule has 0 bridgehead atoms. The van der Waals surface area contributed by atoms with Crippen LogP contribution in [0.1, 0.15) is 43.9 Å². The van der Waals surface area contributed by atoms with Gasteiger partial charge in [0.15, 0.2) is 5.96 Å². The maximum atomic E-state index is 12.1. The molecule has 1 aliphatic rings. The molecule has 3 N–H and O–H groups in total. The third kappa shape index (κ3) is 5.72. The van der Waals surface area contributed by atoms with Crippen LogP contribution in [0, 0.1) is 6.92 Å². The van der Waals surface area contributed by atoms with Crippen molar-refractivity contribution in [3.63, 3.8) is 0 Å². The molecule has 1 fully saturated rings. The van der Waals surface area contributed by atoms with Crippen LogP contribution < -0.4 is 10.6 Å². The number of aliphatic imine (C=N–C) groups is 1. The van der Waals surface area contributed by atoms with Gasteiger partial charge in [0.2, 0.25) is 0 Å². The SMILES string of the molecule is CCS(=O)C1CCCC(NC(=NC)NCCc2c(C)[nH]c3ccccc23)C1.I. The molecule has 3 unspecified atom stereocenters. The first kappa shape index (κ1) is 23.2. The summed E-state index contributed by atoms with van der Waals surface area (Å²) in [5.41, 5.74) is 3.80. The molecule has 5 nitrogen and oxygen atoms in total. The predicted molar refractivity (Wildman–Crippen MR) is 131 cm³/mol. The summed E-state index contributed by atoms with van der Waals surface area (Å²) in [5.74, 6) is 1.61. The summed E-state index contributed by atoms with van der Waals surface area (Å²) in [6.45, 7) is 4.98. The Morgan fingerprint density at radius 3 is 2.86 bits per heavy atom. The first-order valence-electron chi connectivity index (χ1n) is 10.0. The summed E-state index contributed by atoms with van der Waals surface area (Å²) in [6.07, 6.45) is 5.27. The molecule has 0 aliphatic heterocycles. The molecule has 3 rings (SSSR count). The van der Waals surface area contributed by atoms with E-state index in [9.17, 15) is 4.21 Å². The number of guanidine groups is 1. The number of rotatable bonds is 6. The van der Waals surface area contributed by atoms with Crippen molar-refractivity contribution in [1.82, 2.24) is 15.6 Å². The van der Waals surface area contributed by atoms with Crippen molar-refractivity contribution in [3.8, 4) is 0 Å². The first-order chi connectivity index (χ1) is 13.1. The van der Waals surface area contributed by atoms with E-state index in [1.165, 1.54) is 22.2 Å². The molecule has 1 aromatic carbocycles. The molecule has 156 valence electrons. The predicted octanol–water partition coefficient (Wildman–Crippen LogP) is 3.88. The van der Waals surface area contributed by atoms with E-state index in [0.717, 1.165) is 50.4 Å². The number of aromatic nitrogens is 1. The number of hydrogen-bond donors (Lipinski definition) is 3. The van der Waals surface area contributed by atoms with Gasteiger partial charge in [-0.3, -0.25) is 9.20 Å². The lowest BCUT2D eigenvalue weighted by molar-refractivity contribution is 0.413. The number of hydrogen-bond acceptors (Lipinski definition) is 2. The van der Waals surface area contributed by atoms with Gasteiger partial charge in [0.25, 0.3) is 0 Å². The highest BCUT2D eigenvalue weighted by Crippen LogP contribution is 2.23. The van der Waals surface area contributed by atoms with E-state index in [0.29, 0.717) is 11.3 Å². The van der Waals surface area contributed by atoms with Crippen molar-refractivity contribution in [2.45, 2.75) is 57.2 Å². The van der Waals surface area contributed by atoms with E-state index in [4.69, 9.17) is 0 Å². The average Bonchev–Trinajstić information content (AvgIpc) is 3.02. The molecule has 2 aromatic rings. The van der Waals surface area contributed by atoms with Crippen LogP contribution in [0.25, 0.3) is 10.9 Å². The van der Waals surface area contributed by atoms with Gasteiger partial charge >= 0.3 is 0 Å². The van der Waals surface area contributed by atoms with Crippen LogP contribution >= 0.6 is 24.0 Å². The second kappa shape index (κ2) is 11.2. The molecule has 1 saturated carbocycles. The van der Waals surface area contributed by atoms with E-state index in [-0.39, 0.29) is 24.0 Å². The highest BCUT2D eigenvalue weighted by atomic mass is 127. The Morgan fingerprint density at radius 1 is 1.32 bits per heavy atom. The summed E-state index contributed by atoms with van der Waals surface area (Å²) in [7, 11) is 1.12. The Morgan fingerprint density at radius 2 is 2.11 bits per heavy atom. The molecule has 7 heteroatoms. The van der Waals surface area contributed by atoms with Gasteiger partial charge in [0.1, 0.15) is 0 Å². The number of aromatic amines is 1. The quantitative estimate of drug-likeness (QED) is 0.310. The van der Waals surface area contributed by atoms with Crippen LogP contribution in [0.15, 0.2) is 29.3 Å². The van der Waals surface area contributed by atoms with Crippen molar-refractivity contribution in [2.24, 2.45) is 4.99 Å². The third-order valence-corrected chi connectivity index (χ3v) is 7.28. The van der Waals surface area contributed by atoms with Gasteiger partial charge in [0, 0.05) is 58.0 Å². The molecule has 1 aliphatic carbocycles. The average molecular weight is 516 g/mol. The van der Waals surface area contributed by atoms with Crippen molar-refractivity contribution in [1.29, 1.82) is 0 Å². The second-order valence-electron chi connectivity index (χ2n) is 7.32. The van der Waals surface area contributed by atoms with Gasteiger partial charge in [-0.15, -0.1) is 24.0 Å². The molecule has 1 aromatic heterocycles. The molecule has 0 amide bonds. The third-order valence-electron chi connectivity index (χ3n) is 5.54. The lowest BCUT2D eigenvalue weighted by Crippen LogP contribution is -2.47. The van der Waals surface area contributed by atoms with Gasteiger partial charge in [-0.1, -0.05) is 31.5 Å². The van der Waals surface area contributed by atoms with E-state index in [2.05, 4.69) is 51.8 Å². The highest BCUT2D eigenvalue weighted by Gasteiger charge is 2.26. The Labute approximate surface area is 188 Å². The molecule has 0 spiro atoms. The van der Waals surface area contributed by atoms with E-state index >= 15 is 0 Å². The van der Waals surface area contributed by atoms with E-state index < -0.39 is 10.8 Å². The number of halogens is 1. The maximum Gasteiger partial charge on any atom is 0.191 e. The zero-order valence-electron chi connectivity index (χ0n) is 17.1. The largest absolute Gasteiger partial charge is 0.358 e. The normalized spacial score (nSPS) is 21.2. The number of fused-ring (bicyclic) bond motifs is 1. The monoisotopic (exact) mass is 516 g/mol. The van der Waals surface area contributed by atoms with Gasteiger partial charge in [-0.2, -0.15) is 0 Å². The first-order valence-corrected chi connectivity index (χ1v) is 11.4. The minimum atomic E-state index is -0.696. The summed E-state index contributed by atoms with van der Waals surface area (Å²) in [4.78, 5) is 7.85. The Bertz CT molecular complexity index is 820. The summed E-state index contributed by atoms with van der Waals surface area (Å²) in [5, 5.41) is 8.63. The fourth-order valence-electron chi connectivity index (χ4n) is 4.10. The minimum absolute atomic E-state index is 0. The van der Waals surface area contributed by atoms with E-state index in [1.807, 2.05) is 14.0 Å². The van der Waals surface area contributed by atoms with Crippen molar-refractivity contribution >= 4 is 51.6 Å². The number of aryl methyl sites for hydroxylation is 1. The maximum absolute atomic E-state index is 12.1. The number of H-pyrrole nitrogens is 1. The summed E-state index contributed by atoms with van der Waals surface area (Å²) < 4.78 is 12.1. The number of para-hydroxylation sites is 1. The fourth-order valence-corrected chi connectivity index (χ4v) is 5.45. The number of nitrogens with zero attached hydrogens (tertiary/aromatic N) is 1. The second-order valence-corrected chi connectivity index (χ2v) is 9.33. The smallest absolute Gasteiger partial charge is 0.191 e. The molecule has 28 heavy (non-hydrogen) atoms. The van der Waals surface area contributed by atoms with Gasteiger partial charge in [-0.05, 0) is 44.2 Å². The summed E-state index contributed by atoms with van der Waals surface area (Å²) in [6, 6.07) is 8.82. The lowest BCUT2D eigenvalue weighted by Gasteiger charge is -2.30. The summed E-state index contributed by atoms with van der Waals surface area (Å²) >= 11 is 0. The topological polar surface area (TPSA) is 69.3 Å². The molecule has 1 heterocycles. The van der Waals surface area contributed by atoms with E-state index in [1.54, 1.807) is 0 Å². The Hall–Kier alpha value is -1.09. The molecule has 0 saturated heterocycles.